The lowest BCUT2D eigenvalue weighted by Gasteiger charge is -2.25. The molecule has 0 saturated heterocycles. The number of carboxylic acids is 1. The smallest absolute Gasteiger partial charge is 0.326 e. The van der Waals surface area contributed by atoms with Crippen LogP contribution in [0.3, 0.4) is 0 Å². The molecule has 11 nitrogen and oxygen atoms in total. The number of carbonyl (C=O) groups excluding carboxylic acids is 4. The minimum absolute atomic E-state index is 0.0626. The molecule has 4 atom stereocenters. The van der Waals surface area contributed by atoms with E-state index in [0.717, 1.165) is 0 Å². The summed E-state index contributed by atoms with van der Waals surface area (Å²) in [6.45, 7) is 5.19. The van der Waals surface area contributed by atoms with E-state index in [4.69, 9.17) is 11.5 Å². The highest BCUT2D eigenvalue weighted by atomic mass is 32.1. The van der Waals surface area contributed by atoms with Crippen molar-refractivity contribution in [2.24, 2.45) is 17.4 Å². The lowest BCUT2D eigenvalue weighted by atomic mass is 10.0. The summed E-state index contributed by atoms with van der Waals surface area (Å²) >= 11 is 4.03. The second-order valence-electron chi connectivity index (χ2n) is 7.13. The first-order valence-corrected chi connectivity index (χ1v) is 9.80. The number of nitrogens with two attached hydrogens (primary N) is 2. The molecule has 0 rings (SSSR count). The Balaban J connectivity index is 5.14. The fraction of sp³-hybridized carbons (Fsp3) is 0.706. The molecular formula is C17H31N5O6S. The molecule has 0 heterocycles. The summed E-state index contributed by atoms with van der Waals surface area (Å²) in [5.74, 6) is -4.02. The van der Waals surface area contributed by atoms with E-state index in [0.29, 0.717) is 6.42 Å². The van der Waals surface area contributed by atoms with Crippen LogP contribution < -0.4 is 27.4 Å². The molecule has 0 saturated carbocycles. The lowest BCUT2D eigenvalue weighted by molar-refractivity contribution is -0.142. The van der Waals surface area contributed by atoms with Gasteiger partial charge in [0.1, 0.15) is 18.1 Å². The average Bonchev–Trinajstić information content (AvgIpc) is 2.60. The van der Waals surface area contributed by atoms with Crippen molar-refractivity contribution in [3.05, 3.63) is 0 Å². The van der Waals surface area contributed by atoms with Crippen LogP contribution >= 0.6 is 12.6 Å². The molecule has 0 aromatic heterocycles. The van der Waals surface area contributed by atoms with Crippen LogP contribution in [0.1, 0.15) is 40.0 Å². The molecule has 0 aliphatic rings. The molecule has 0 aliphatic carbocycles. The average molecular weight is 434 g/mol. The van der Waals surface area contributed by atoms with Crippen LogP contribution in [0.2, 0.25) is 0 Å². The number of hydrogen-bond acceptors (Lipinski definition) is 7. The second-order valence-corrected chi connectivity index (χ2v) is 7.49. The van der Waals surface area contributed by atoms with Crippen LogP contribution in [-0.2, 0) is 24.0 Å². The monoisotopic (exact) mass is 433 g/mol. The van der Waals surface area contributed by atoms with E-state index in [-0.39, 0.29) is 24.5 Å². The van der Waals surface area contributed by atoms with Gasteiger partial charge in [0.05, 0.1) is 6.04 Å². The van der Waals surface area contributed by atoms with Crippen molar-refractivity contribution in [2.45, 2.75) is 64.2 Å². The summed E-state index contributed by atoms with van der Waals surface area (Å²) in [7, 11) is 0. The standard InChI is InChI=1S/C17H31N5O6S/c1-8(2)6-11(21-14(24)9(3)18)15(25)22-12(7-29)16(26)20-10(17(27)28)4-5-13(19)23/h8-12,29H,4-7,18H2,1-3H3,(H2,19,23)(H,20,26)(H,21,24)(H,22,25)(H,27,28). The number of aliphatic carboxylic acids is 1. The quantitative estimate of drug-likeness (QED) is 0.165. The molecule has 8 N–H and O–H groups in total. The van der Waals surface area contributed by atoms with Crippen molar-refractivity contribution in [1.82, 2.24) is 16.0 Å². The van der Waals surface area contributed by atoms with Gasteiger partial charge in [0, 0.05) is 12.2 Å². The Hall–Kier alpha value is -2.34. The highest BCUT2D eigenvalue weighted by molar-refractivity contribution is 7.80. The van der Waals surface area contributed by atoms with Gasteiger partial charge >= 0.3 is 5.97 Å². The summed E-state index contributed by atoms with van der Waals surface area (Å²) in [5.41, 5.74) is 10.5. The first-order chi connectivity index (χ1) is 13.4. The van der Waals surface area contributed by atoms with Crippen LogP contribution in [0.5, 0.6) is 0 Å². The number of carbonyl (C=O) groups is 5. The number of carboxylic acid groups (broad SMARTS) is 1. The van der Waals surface area contributed by atoms with E-state index in [1.54, 1.807) is 0 Å². The lowest BCUT2D eigenvalue weighted by Crippen LogP contribution is -2.57. The predicted octanol–water partition coefficient (Wildman–Crippen LogP) is -1.89. The second kappa shape index (κ2) is 13.0. The largest absolute Gasteiger partial charge is 0.480 e. The van der Waals surface area contributed by atoms with Gasteiger partial charge < -0.3 is 32.5 Å². The van der Waals surface area contributed by atoms with Crippen LogP contribution in [-0.4, -0.2) is 64.6 Å². The van der Waals surface area contributed by atoms with Crippen LogP contribution in [0.25, 0.3) is 0 Å². The minimum Gasteiger partial charge on any atom is -0.480 e. The molecule has 0 spiro atoms. The van der Waals surface area contributed by atoms with Gasteiger partial charge in [0.25, 0.3) is 0 Å². The van der Waals surface area contributed by atoms with Crippen molar-refractivity contribution < 1.29 is 29.1 Å². The van der Waals surface area contributed by atoms with Crippen molar-refractivity contribution in [3.63, 3.8) is 0 Å². The van der Waals surface area contributed by atoms with Crippen molar-refractivity contribution in [1.29, 1.82) is 0 Å². The third kappa shape index (κ3) is 10.7. The maximum absolute atomic E-state index is 12.6. The van der Waals surface area contributed by atoms with Crippen molar-refractivity contribution >= 4 is 42.2 Å². The van der Waals surface area contributed by atoms with E-state index in [9.17, 15) is 29.1 Å². The summed E-state index contributed by atoms with van der Waals surface area (Å²) in [6.07, 6.45) is -0.111. The molecule has 0 aliphatic heterocycles. The van der Waals surface area contributed by atoms with Gasteiger partial charge in [-0.05, 0) is 25.7 Å². The third-order valence-electron chi connectivity index (χ3n) is 3.86. The number of hydrogen-bond donors (Lipinski definition) is 7. The third-order valence-corrected chi connectivity index (χ3v) is 4.23. The van der Waals surface area contributed by atoms with Gasteiger partial charge in [-0.25, -0.2) is 4.79 Å². The van der Waals surface area contributed by atoms with Crippen LogP contribution in [0, 0.1) is 5.92 Å². The first-order valence-electron chi connectivity index (χ1n) is 9.17. The SMILES string of the molecule is CC(C)CC(NC(=O)C(C)N)C(=O)NC(CS)C(=O)NC(CCC(N)=O)C(=O)O. The van der Waals surface area contributed by atoms with Gasteiger partial charge in [-0.1, -0.05) is 13.8 Å². The molecule has 0 aromatic carbocycles. The van der Waals surface area contributed by atoms with E-state index in [2.05, 4.69) is 28.6 Å². The Morgan fingerprint density at radius 3 is 1.79 bits per heavy atom. The Kier molecular flexibility index (Phi) is 11.9. The Bertz CT molecular complexity index is 613. The zero-order valence-electron chi connectivity index (χ0n) is 16.8. The van der Waals surface area contributed by atoms with Gasteiger partial charge in [-0.3, -0.25) is 19.2 Å². The molecule has 0 fully saturated rings. The fourth-order valence-electron chi connectivity index (χ4n) is 2.29. The summed E-state index contributed by atoms with van der Waals surface area (Å²) in [5, 5.41) is 16.4. The zero-order chi connectivity index (χ0) is 22.7. The Morgan fingerprint density at radius 1 is 0.897 bits per heavy atom. The maximum Gasteiger partial charge on any atom is 0.326 e. The molecule has 4 amide bonds. The summed E-state index contributed by atoms with van der Waals surface area (Å²) in [4.78, 5) is 58.9. The zero-order valence-corrected chi connectivity index (χ0v) is 17.7. The van der Waals surface area contributed by atoms with Crippen molar-refractivity contribution in [3.8, 4) is 0 Å². The van der Waals surface area contributed by atoms with Gasteiger partial charge in [0.2, 0.25) is 23.6 Å². The van der Waals surface area contributed by atoms with E-state index in [1.807, 2.05) is 13.8 Å². The van der Waals surface area contributed by atoms with E-state index >= 15 is 0 Å². The molecule has 0 aromatic rings. The normalized spacial score (nSPS) is 15.0. The molecule has 166 valence electrons. The highest BCUT2D eigenvalue weighted by Gasteiger charge is 2.29. The number of thiol groups is 1. The predicted molar refractivity (Wildman–Crippen MR) is 109 cm³/mol. The maximum atomic E-state index is 12.6. The number of nitrogens with one attached hydrogen (secondary N) is 3. The molecule has 0 bridgehead atoms. The van der Waals surface area contributed by atoms with Gasteiger partial charge in [-0.2, -0.15) is 12.6 Å². The molecule has 0 radical (unpaired) electrons. The molecular weight excluding hydrogens is 402 g/mol. The number of primary amides is 1. The molecule has 29 heavy (non-hydrogen) atoms. The van der Waals surface area contributed by atoms with Crippen molar-refractivity contribution in [2.75, 3.05) is 5.75 Å². The summed E-state index contributed by atoms with van der Waals surface area (Å²) in [6, 6.07) is -4.24. The topological polar surface area (TPSA) is 194 Å². The Labute approximate surface area is 175 Å². The molecule has 12 heteroatoms. The van der Waals surface area contributed by atoms with Gasteiger partial charge in [0.15, 0.2) is 0 Å². The highest BCUT2D eigenvalue weighted by Crippen LogP contribution is 2.06. The number of rotatable bonds is 13. The van der Waals surface area contributed by atoms with Gasteiger partial charge in [-0.15, -0.1) is 0 Å². The van der Waals surface area contributed by atoms with E-state index < -0.39 is 53.8 Å². The number of amides is 4. The van der Waals surface area contributed by atoms with Crippen LogP contribution in [0.4, 0.5) is 0 Å². The molecule has 4 unspecified atom stereocenters. The van der Waals surface area contributed by atoms with E-state index in [1.165, 1.54) is 6.92 Å². The van der Waals surface area contributed by atoms with Crippen LogP contribution in [0.15, 0.2) is 0 Å². The Morgan fingerprint density at radius 2 is 1.38 bits per heavy atom. The first kappa shape index (κ1) is 26.7. The minimum atomic E-state index is -1.35. The summed E-state index contributed by atoms with van der Waals surface area (Å²) < 4.78 is 0. The fourth-order valence-corrected chi connectivity index (χ4v) is 2.55.